The number of fused-ring (bicyclic) bond motifs is 1. The third-order valence-corrected chi connectivity index (χ3v) is 1.99. The van der Waals surface area contributed by atoms with Crippen molar-refractivity contribution in [3.8, 4) is 0 Å². The SMILES string of the molecule is Cn1c(C=O)cc2cc(F)cnc21. The number of pyridine rings is 1. The molecule has 0 N–H and O–H groups in total. The molecular weight excluding hydrogens is 171 g/mol. The van der Waals surface area contributed by atoms with Crippen LogP contribution in [0.25, 0.3) is 11.0 Å². The van der Waals surface area contributed by atoms with Gasteiger partial charge >= 0.3 is 0 Å². The van der Waals surface area contributed by atoms with E-state index in [4.69, 9.17) is 0 Å². The average Bonchev–Trinajstić information content (AvgIpc) is 2.42. The summed E-state index contributed by atoms with van der Waals surface area (Å²) >= 11 is 0. The van der Waals surface area contributed by atoms with Gasteiger partial charge in [-0.1, -0.05) is 0 Å². The second kappa shape index (κ2) is 2.65. The molecule has 4 heteroatoms. The number of hydrogen-bond acceptors (Lipinski definition) is 2. The Balaban J connectivity index is 2.83. The van der Waals surface area contributed by atoms with Gasteiger partial charge in [0.2, 0.25) is 0 Å². The maximum Gasteiger partial charge on any atom is 0.166 e. The second-order valence-corrected chi connectivity index (χ2v) is 2.81. The average molecular weight is 178 g/mol. The first-order valence-corrected chi connectivity index (χ1v) is 3.78. The minimum absolute atomic E-state index is 0.393. The van der Waals surface area contributed by atoms with Gasteiger partial charge in [-0.15, -0.1) is 0 Å². The highest BCUT2D eigenvalue weighted by Gasteiger charge is 2.05. The van der Waals surface area contributed by atoms with Crippen LogP contribution in [0.15, 0.2) is 18.3 Å². The monoisotopic (exact) mass is 178 g/mol. The zero-order valence-corrected chi connectivity index (χ0v) is 6.99. The molecule has 13 heavy (non-hydrogen) atoms. The summed E-state index contributed by atoms with van der Waals surface area (Å²) in [5.74, 6) is -0.393. The zero-order chi connectivity index (χ0) is 9.42. The van der Waals surface area contributed by atoms with E-state index >= 15 is 0 Å². The summed E-state index contributed by atoms with van der Waals surface area (Å²) in [7, 11) is 1.72. The summed E-state index contributed by atoms with van der Waals surface area (Å²) in [5.41, 5.74) is 1.11. The molecule has 0 aliphatic rings. The van der Waals surface area contributed by atoms with Crippen LogP contribution in [-0.4, -0.2) is 15.8 Å². The molecule has 0 saturated heterocycles. The lowest BCUT2D eigenvalue weighted by Gasteiger charge is -1.95. The topological polar surface area (TPSA) is 34.9 Å². The summed E-state index contributed by atoms with van der Waals surface area (Å²) in [4.78, 5) is 14.4. The Bertz CT molecular complexity index is 476. The highest BCUT2D eigenvalue weighted by atomic mass is 19.1. The molecule has 0 unspecified atom stereocenters. The van der Waals surface area contributed by atoms with Crippen molar-refractivity contribution in [1.82, 2.24) is 9.55 Å². The van der Waals surface area contributed by atoms with Gasteiger partial charge in [0.15, 0.2) is 6.29 Å². The molecule has 66 valence electrons. The van der Waals surface area contributed by atoms with E-state index in [-0.39, 0.29) is 0 Å². The maximum absolute atomic E-state index is 12.7. The summed E-state index contributed by atoms with van der Waals surface area (Å²) in [6.45, 7) is 0. The highest BCUT2D eigenvalue weighted by Crippen LogP contribution is 2.15. The van der Waals surface area contributed by atoms with Crippen molar-refractivity contribution in [2.24, 2.45) is 7.05 Å². The molecule has 2 rings (SSSR count). The van der Waals surface area contributed by atoms with Crippen LogP contribution in [0.2, 0.25) is 0 Å². The van der Waals surface area contributed by atoms with Gasteiger partial charge in [0.1, 0.15) is 11.5 Å². The van der Waals surface area contributed by atoms with Crippen molar-refractivity contribution in [3.63, 3.8) is 0 Å². The van der Waals surface area contributed by atoms with Crippen molar-refractivity contribution in [3.05, 3.63) is 29.8 Å². The van der Waals surface area contributed by atoms with Crippen LogP contribution in [0, 0.1) is 5.82 Å². The minimum atomic E-state index is -0.393. The lowest BCUT2D eigenvalue weighted by Crippen LogP contribution is -1.94. The van der Waals surface area contributed by atoms with Crippen molar-refractivity contribution >= 4 is 17.3 Å². The van der Waals surface area contributed by atoms with E-state index in [1.165, 1.54) is 6.07 Å². The Morgan fingerprint density at radius 1 is 1.54 bits per heavy atom. The van der Waals surface area contributed by atoms with Crippen LogP contribution in [0.4, 0.5) is 4.39 Å². The Labute approximate surface area is 73.8 Å². The Morgan fingerprint density at radius 3 is 3.00 bits per heavy atom. The van der Waals surface area contributed by atoms with E-state index in [1.807, 2.05) is 0 Å². The van der Waals surface area contributed by atoms with Crippen LogP contribution in [0.5, 0.6) is 0 Å². The molecule has 0 fully saturated rings. The summed E-state index contributed by atoms with van der Waals surface area (Å²) < 4.78 is 14.3. The Hall–Kier alpha value is -1.71. The van der Waals surface area contributed by atoms with Crippen LogP contribution >= 0.6 is 0 Å². The quantitative estimate of drug-likeness (QED) is 0.620. The molecule has 0 radical (unpaired) electrons. The van der Waals surface area contributed by atoms with E-state index in [9.17, 15) is 9.18 Å². The predicted molar refractivity (Wildman–Crippen MR) is 46.1 cm³/mol. The molecule has 0 atom stereocenters. The maximum atomic E-state index is 12.7. The summed E-state index contributed by atoms with van der Waals surface area (Å²) in [6, 6.07) is 2.97. The van der Waals surface area contributed by atoms with Gasteiger partial charge in [-0.25, -0.2) is 9.37 Å². The fraction of sp³-hybridized carbons (Fsp3) is 0.111. The standard InChI is InChI=1S/C9H7FN2O/c1-12-8(5-13)3-6-2-7(10)4-11-9(6)12/h2-5H,1H3. The molecule has 0 saturated carbocycles. The number of carbonyl (C=O) groups excluding carboxylic acids is 1. The number of hydrogen-bond donors (Lipinski definition) is 0. The van der Waals surface area contributed by atoms with Crippen molar-refractivity contribution in [1.29, 1.82) is 0 Å². The van der Waals surface area contributed by atoms with Crippen LogP contribution in [-0.2, 0) is 7.05 Å². The smallest absolute Gasteiger partial charge is 0.166 e. The molecular formula is C9H7FN2O. The van der Waals surface area contributed by atoms with Gasteiger partial charge in [0, 0.05) is 12.4 Å². The van der Waals surface area contributed by atoms with Crippen molar-refractivity contribution in [2.45, 2.75) is 0 Å². The minimum Gasteiger partial charge on any atom is -0.326 e. The fourth-order valence-electron chi connectivity index (χ4n) is 1.33. The predicted octanol–water partition coefficient (Wildman–Crippen LogP) is 1.52. The van der Waals surface area contributed by atoms with Gasteiger partial charge in [0.05, 0.1) is 11.9 Å². The van der Waals surface area contributed by atoms with Gasteiger partial charge in [-0.3, -0.25) is 4.79 Å². The number of aldehydes is 1. The molecule has 3 nitrogen and oxygen atoms in total. The van der Waals surface area contributed by atoms with Crippen LogP contribution in [0.1, 0.15) is 10.5 Å². The number of aromatic nitrogens is 2. The third kappa shape index (κ3) is 1.11. The number of aryl methyl sites for hydroxylation is 1. The molecule has 0 aromatic carbocycles. The first kappa shape index (κ1) is 7.91. The molecule has 0 aliphatic carbocycles. The number of carbonyl (C=O) groups is 1. The van der Waals surface area contributed by atoms with Crippen molar-refractivity contribution in [2.75, 3.05) is 0 Å². The molecule has 2 aromatic heterocycles. The fourth-order valence-corrected chi connectivity index (χ4v) is 1.33. The number of nitrogens with zero attached hydrogens (tertiary/aromatic N) is 2. The van der Waals surface area contributed by atoms with Gasteiger partial charge < -0.3 is 4.57 Å². The second-order valence-electron chi connectivity index (χ2n) is 2.81. The Kier molecular flexibility index (Phi) is 1.62. The highest BCUT2D eigenvalue weighted by molar-refractivity contribution is 5.86. The molecule has 0 amide bonds. The summed E-state index contributed by atoms with van der Waals surface area (Å²) in [5, 5.41) is 0.643. The van der Waals surface area contributed by atoms with Crippen molar-refractivity contribution < 1.29 is 9.18 Å². The molecule has 2 heterocycles. The lowest BCUT2D eigenvalue weighted by atomic mass is 10.3. The summed E-state index contributed by atoms with van der Waals surface area (Å²) in [6.07, 6.45) is 1.86. The van der Waals surface area contributed by atoms with Gasteiger partial charge in [-0.2, -0.15) is 0 Å². The third-order valence-electron chi connectivity index (χ3n) is 1.99. The molecule has 2 aromatic rings. The van der Waals surface area contributed by atoms with E-state index in [0.717, 1.165) is 12.5 Å². The number of halogens is 1. The molecule has 0 spiro atoms. The Morgan fingerprint density at radius 2 is 2.31 bits per heavy atom. The van der Waals surface area contributed by atoms with Crippen LogP contribution in [0.3, 0.4) is 0 Å². The normalized spacial score (nSPS) is 10.6. The van der Waals surface area contributed by atoms with Gasteiger partial charge in [-0.05, 0) is 12.1 Å². The number of rotatable bonds is 1. The first-order valence-electron chi connectivity index (χ1n) is 3.78. The largest absolute Gasteiger partial charge is 0.326 e. The zero-order valence-electron chi connectivity index (χ0n) is 6.99. The van der Waals surface area contributed by atoms with Gasteiger partial charge in [0.25, 0.3) is 0 Å². The van der Waals surface area contributed by atoms with E-state index in [0.29, 0.717) is 16.7 Å². The van der Waals surface area contributed by atoms with E-state index in [2.05, 4.69) is 4.98 Å². The van der Waals surface area contributed by atoms with E-state index < -0.39 is 5.82 Å². The van der Waals surface area contributed by atoms with Crippen LogP contribution < -0.4 is 0 Å². The molecule has 0 bridgehead atoms. The lowest BCUT2D eigenvalue weighted by molar-refractivity contribution is 0.111. The van der Waals surface area contributed by atoms with E-state index in [1.54, 1.807) is 17.7 Å². The first-order chi connectivity index (χ1) is 6.22. The molecule has 0 aliphatic heterocycles.